The second kappa shape index (κ2) is 5.38. The van der Waals surface area contributed by atoms with Gasteiger partial charge in [0, 0.05) is 12.6 Å². The van der Waals surface area contributed by atoms with Crippen LogP contribution in [0.3, 0.4) is 0 Å². The lowest BCUT2D eigenvalue weighted by Crippen LogP contribution is -2.38. The van der Waals surface area contributed by atoms with Gasteiger partial charge in [0.1, 0.15) is 11.9 Å². The number of hydrogen-bond donors (Lipinski definition) is 3. The minimum Gasteiger partial charge on any atom is -0.392 e. The van der Waals surface area contributed by atoms with Gasteiger partial charge in [-0.25, -0.2) is 0 Å². The molecule has 4 N–H and O–H groups in total. The number of anilines is 1. The Labute approximate surface area is 92.4 Å². The zero-order chi connectivity index (χ0) is 12.1. The molecule has 88 valence electrons. The molecular weight excluding hydrogens is 212 g/mol. The highest BCUT2D eigenvalue weighted by Crippen LogP contribution is 2.19. The molecule has 0 saturated carbocycles. The number of aliphatic hydroxyl groups is 1. The molecule has 0 fully saturated rings. The Balaban J connectivity index is 2.70. The van der Waals surface area contributed by atoms with Crippen LogP contribution < -0.4 is 11.1 Å². The molecule has 0 saturated heterocycles. The highest BCUT2D eigenvalue weighted by atomic mass is 16.6. The smallest absolute Gasteiger partial charge is 0.386 e. The molecule has 0 radical (unpaired) electrons. The van der Waals surface area contributed by atoms with Crippen molar-refractivity contribution in [3.8, 4) is 0 Å². The van der Waals surface area contributed by atoms with Gasteiger partial charge in [-0.2, -0.15) is 0 Å². The number of nitrogens with one attached hydrogen (secondary N) is 1. The average Bonchev–Trinajstić information content (AvgIpc) is 2.25. The number of hydrogen-bond acceptors (Lipinski definition) is 6. The SMILES string of the molecule is CC(O)C(N)CNc1cccnc1[N+](=O)[O-]. The van der Waals surface area contributed by atoms with E-state index in [1.54, 1.807) is 19.1 Å². The maximum Gasteiger partial charge on any atom is 0.386 e. The number of pyridine rings is 1. The molecule has 2 atom stereocenters. The van der Waals surface area contributed by atoms with Crippen LogP contribution in [0, 0.1) is 10.1 Å². The molecule has 1 rings (SSSR count). The monoisotopic (exact) mass is 226 g/mol. The molecule has 0 aliphatic carbocycles. The molecule has 0 bridgehead atoms. The number of nitro groups is 1. The minimum atomic E-state index is -0.678. The Bertz CT molecular complexity index is 370. The van der Waals surface area contributed by atoms with Gasteiger partial charge < -0.3 is 26.3 Å². The number of aliphatic hydroxyl groups excluding tert-OH is 1. The summed E-state index contributed by atoms with van der Waals surface area (Å²) in [4.78, 5) is 13.7. The van der Waals surface area contributed by atoms with E-state index in [0.29, 0.717) is 5.69 Å². The Hall–Kier alpha value is -1.73. The van der Waals surface area contributed by atoms with Gasteiger partial charge in [0.25, 0.3) is 0 Å². The third kappa shape index (κ3) is 3.14. The molecule has 2 unspecified atom stereocenters. The van der Waals surface area contributed by atoms with Crippen molar-refractivity contribution in [3.63, 3.8) is 0 Å². The average molecular weight is 226 g/mol. The quantitative estimate of drug-likeness (QED) is 0.485. The summed E-state index contributed by atoms with van der Waals surface area (Å²) in [6.07, 6.45) is 0.668. The Morgan fingerprint density at radius 2 is 2.44 bits per heavy atom. The third-order valence-corrected chi connectivity index (χ3v) is 2.11. The van der Waals surface area contributed by atoms with Gasteiger partial charge in [-0.1, -0.05) is 0 Å². The van der Waals surface area contributed by atoms with Crippen molar-refractivity contribution in [3.05, 3.63) is 28.4 Å². The van der Waals surface area contributed by atoms with Crippen LogP contribution in [-0.2, 0) is 0 Å². The molecular formula is C9H14N4O3. The largest absolute Gasteiger partial charge is 0.392 e. The molecule has 1 aromatic rings. The van der Waals surface area contributed by atoms with Crippen molar-refractivity contribution in [2.24, 2.45) is 5.73 Å². The maximum atomic E-state index is 10.6. The van der Waals surface area contributed by atoms with E-state index in [0.717, 1.165) is 0 Å². The van der Waals surface area contributed by atoms with E-state index in [1.165, 1.54) is 6.20 Å². The summed E-state index contributed by atoms with van der Waals surface area (Å²) in [6.45, 7) is 1.80. The van der Waals surface area contributed by atoms with Crippen molar-refractivity contribution in [1.82, 2.24) is 4.98 Å². The van der Waals surface area contributed by atoms with Crippen molar-refractivity contribution in [1.29, 1.82) is 0 Å². The van der Waals surface area contributed by atoms with E-state index < -0.39 is 17.1 Å². The second-order valence-corrected chi connectivity index (χ2v) is 3.42. The van der Waals surface area contributed by atoms with Crippen LogP contribution in [0.5, 0.6) is 0 Å². The molecule has 7 nitrogen and oxygen atoms in total. The fourth-order valence-corrected chi connectivity index (χ4v) is 1.08. The van der Waals surface area contributed by atoms with Crippen LogP contribution in [-0.4, -0.2) is 33.7 Å². The van der Waals surface area contributed by atoms with Crippen LogP contribution >= 0.6 is 0 Å². The summed E-state index contributed by atoms with van der Waals surface area (Å²) >= 11 is 0. The van der Waals surface area contributed by atoms with Gasteiger partial charge in [0.05, 0.1) is 6.10 Å². The number of nitrogens with two attached hydrogens (primary N) is 1. The summed E-state index contributed by atoms with van der Waals surface area (Å²) in [5.74, 6) is -0.250. The van der Waals surface area contributed by atoms with Crippen LogP contribution in [0.1, 0.15) is 6.92 Å². The molecule has 7 heteroatoms. The molecule has 1 aromatic heterocycles. The van der Waals surface area contributed by atoms with Crippen LogP contribution in [0.15, 0.2) is 18.3 Å². The third-order valence-electron chi connectivity index (χ3n) is 2.11. The van der Waals surface area contributed by atoms with Crippen molar-refractivity contribution < 1.29 is 10.0 Å². The van der Waals surface area contributed by atoms with E-state index in [-0.39, 0.29) is 12.4 Å². The van der Waals surface area contributed by atoms with Gasteiger partial charge in [0.15, 0.2) is 0 Å². The van der Waals surface area contributed by atoms with Crippen LogP contribution in [0.25, 0.3) is 0 Å². The first-order chi connectivity index (χ1) is 7.52. The van der Waals surface area contributed by atoms with Crippen LogP contribution in [0.2, 0.25) is 0 Å². The van der Waals surface area contributed by atoms with E-state index in [2.05, 4.69) is 10.3 Å². The van der Waals surface area contributed by atoms with Crippen LogP contribution in [0.4, 0.5) is 11.5 Å². The first kappa shape index (κ1) is 12.3. The molecule has 0 amide bonds. The highest BCUT2D eigenvalue weighted by Gasteiger charge is 2.15. The molecule has 0 aromatic carbocycles. The van der Waals surface area contributed by atoms with Crippen molar-refractivity contribution in [2.45, 2.75) is 19.1 Å². The number of nitrogens with zero attached hydrogens (tertiary/aromatic N) is 2. The maximum absolute atomic E-state index is 10.6. The standard InChI is InChI=1S/C9H14N4O3/c1-6(14)7(10)5-12-8-3-2-4-11-9(8)13(15)16/h2-4,6-7,12,14H,5,10H2,1H3. The summed E-state index contributed by atoms with van der Waals surface area (Å²) in [7, 11) is 0. The highest BCUT2D eigenvalue weighted by molar-refractivity contribution is 5.56. The van der Waals surface area contributed by atoms with Gasteiger partial charge >= 0.3 is 5.82 Å². The Kier molecular flexibility index (Phi) is 4.15. The fourth-order valence-electron chi connectivity index (χ4n) is 1.08. The summed E-state index contributed by atoms with van der Waals surface area (Å²) < 4.78 is 0. The zero-order valence-corrected chi connectivity index (χ0v) is 8.83. The Morgan fingerprint density at radius 1 is 1.75 bits per heavy atom. The van der Waals surface area contributed by atoms with Crippen molar-refractivity contribution >= 4 is 11.5 Å². The topological polar surface area (TPSA) is 114 Å². The van der Waals surface area contributed by atoms with E-state index in [4.69, 9.17) is 10.8 Å². The first-order valence-corrected chi connectivity index (χ1v) is 4.79. The minimum absolute atomic E-state index is 0.240. The lowest BCUT2D eigenvalue weighted by molar-refractivity contribution is -0.388. The first-order valence-electron chi connectivity index (χ1n) is 4.79. The normalized spacial score (nSPS) is 14.2. The fraction of sp³-hybridized carbons (Fsp3) is 0.444. The van der Waals surface area contributed by atoms with Gasteiger partial charge in [0.2, 0.25) is 0 Å². The zero-order valence-electron chi connectivity index (χ0n) is 8.83. The molecule has 0 aliphatic rings. The second-order valence-electron chi connectivity index (χ2n) is 3.42. The number of aromatic nitrogens is 1. The molecule has 16 heavy (non-hydrogen) atoms. The lowest BCUT2D eigenvalue weighted by Gasteiger charge is -2.15. The predicted molar refractivity (Wildman–Crippen MR) is 59.0 cm³/mol. The van der Waals surface area contributed by atoms with E-state index >= 15 is 0 Å². The number of rotatable bonds is 5. The Morgan fingerprint density at radius 3 is 3.00 bits per heavy atom. The van der Waals surface area contributed by atoms with E-state index in [1.807, 2.05) is 0 Å². The lowest BCUT2D eigenvalue weighted by atomic mass is 10.2. The summed E-state index contributed by atoms with van der Waals surface area (Å²) in [5, 5.41) is 22.6. The predicted octanol–water partition coefficient (Wildman–Crippen LogP) is 0.110. The molecule has 0 spiro atoms. The van der Waals surface area contributed by atoms with Gasteiger partial charge in [-0.05, 0) is 29.0 Å². The van der Waals surface area contributed by atoms with Gasteiger partial charge in [-0.15, -0.1) is 0 Å². The summed E-state index contributed by atoms with van der Waals surface area (Å²) in [6, 6.07) is 2.64. The summed E-state index contributed by atoms with van der Waals surface area (Å²) in [5.41, 5.74) is 5.88. The van der Waals surface area contributed by atoms with E-state index in [9.17, 15) is 10.1 Å². The van der Waals surface area contributed by atoms with Crippen molar-refractivity contribution in [2.75, 3.05) is 11.9 Å². The molecule has 1 heterocycles. The molecule has 0 aliphatic heterocycles. The van der Waals surface area contributed by atoms with Gasteiger partial charge in [-0.3, -0.25) is 0 Å².